The predicted octanol–water partition coefficient (Wildman–Crippen LogP) is 2.25. The zero-order valence-electron chi connectivity index (χ0n) is 14.1. The molecule has 0 atom stereocenters. The molecule has 0 saturated heterocycles. The van der Waals surface area contributed by atoms with E-state index in [9.17, 15) is 14.4 Å². The maximum atomic E-state index is 12.8. The first-order valence-electron chi connectivity index (χ1n) is 7.66. The smallest absolute Gasteiger partial charge is 0.321 e. The fraction of sp³-hybridized carbons (Fsp3) is 0.375. The van der Waals surface area contributed by atoms with Crippen molar-refractivity contribution in [3.05, 3.63) is 33.6 Å². The van der Waals surface area contributed by atoms with E-state index in [-0.39, 0.29) is 17.2 Å². The van der Waals surface area contributed by atoms with Crippen molar-refractivity contribution >= 4 is 46.2 Å². The average Bonchev–Trinajstić information content (AvgIpc) is 2.56. The Morgan fingerprint density at radius 2 is 2.08 bits per heavy atom. The van der Waals surface area contributed by atoms with Crippen LogP contribution in [-0.2, 0) is 11.3 Å². The third-order valence-corrected chi connectivity index (χ3v) is 4.45. The number of benzene rings is 1. The number of halogens is 1. The van der Waals surface area contributed by atoms with Gasteiger partial charge in [0.05, 0.1) is 16.7 Å². The molecule has 2 N–H and O–H groups in total. The van der Waals surface area contributed by atoms with E-state index in [1.54, 1.807) is 22.8 Å². The summed E-state index contributed by atoms with van der Waals surface area (Å²) in [6.07, 6.45) is 0. The Kier molecular flexibility index (Phi) is 6.44. The standard InChI is InChI=1S/C16H19ClN4O3S/c1-9(2)7-21-14(23)11-6-10(17)4-5-12(11)19-16(21)25-8-13(22)20-15(24)18-3/h4-6,9H,7-8H2,1-3H3,(H2,18,20,22,24). The minimum Gasteiger partial charge on any atom is -0.341 e. The van der Waals surface area contributed by atoms with Gasteiger partial charge < -0.3 is 5.32 Å². The number of nitrogens with zero attached hydrogens (tertiary/aromatic N) is 2. The van der Waals surface area contributed by atoms with Crippen LogP contribution in [0.4, 0.5) is 4.79 Å². The Bertz CT molecular complexity index is 866. The van der Waals surface area contributed by atoms with Gasteiger partial charge in [0.1, 0.15) is 0 Å². The van der Waals surface area contributed by atoms with Crippen molar-refractivity contribution in [2.24, 2.45) is 5.92 Å². The molecule has 0 bridgehead atoms. The van der Waals surface area contributed by atoms with E-state index in [0.29, 0.717) is 27.6 Å². The monoisotopic (exact) mass is 382 g/mol. The molecule has 1 heterocycles. The molecule has 1 aromatic carbocycles. The third-order valence-electron chi connectivity index (χ3n) is 3.24. The number of carbonyl (C=O) groups excluding carboxylic acids is 2. The first-order chi connectivity index (χ1) is 11.8. The average molecular weight is 383 g/mol. The molecule has 0 saturated carbocycles. The number of hydrogen-bond donors (Lipinski definition) is 2. The van der Waals surface area contributed by atoms with Crippen molar-refractivity contribution in [1.82, 2.24) is 20.2 Å². The Labute approximate surface area is 154 Å². The van der Waals surface area contributed by atoms with Gasteiger partial charge in [-0.05, 0) is 24.1 Å². The van der Waals surface area contributed by atoms with Gasteiger partial charge in [0, 0.05) is 18.6 Å². The van der Waals surface area contributed by atoms with Crippen LogP contribution < -0.4 is 16.2 Å². The number of nitrogens with one attached hydrogen (secondary N) is 2. The van der Waals surface area contributed by atoms with Crippen LogP contribution in [-0.4, -0.2) is 34.3 Å². The summed E-state index contributed by atoms with van der Waals surface area (Å²) in [6.45, 7) is 4.44. The highest BCUT2D eigenvalue weighted by atomic mass is 35.5. The number of aromatic nitrogens is 2. The van der Waals surface area contributed by atoms with Crippen LogP contribution in [0.5, 0.6) is 0 Å². The number of hydrogen-bond acceptors (Lipinski definition) is 5. The molecule has 0 aliphatic carbocycles. The maximum Gasteiger partial charge on any atom is 0.321 e. The number of fused-ring (bicyclic) bond motifs is 1. The summed E-state index contributed by atoms with van der Waals surface area (Å²) in [6, 6.07) is 4.35. The van der Waals surface area contributed by atoms with Gasteiger partial charge in [0.25, 0.3) is 5.56 Å². The predicted molar refractivity (Wildman–Crippen MR) is 99.2 cm³/mol. The van der Waals surface area contributed by atoms with Crippen molar-refractivity contribution in [3.8, 4) is 0 Å². The molecule has 0 spiro atoms. The number of imide groups is 1. The fourth-order valence-corrected chi connectivity index (χ4v) is 3.15. The van der Waals surface area contributed by atoms with E-state index in [0.717, 1.165) is 11.8 Å². The first-order valence-corrected chi connectivity index (χ1v) is 9.02. The molecule has 0 aliphatic heterocycles. The SMILES string of the molecule is CNC(=O)NC(=O)CSc1nc2ccc(Cl)cc2c(=O)n1CC(C)C. The number of urea groups is 1. The van der Waals surface area contributed by atoms with E-state index >= 15 is 0 Å². The minimum atomic E-state index is -0.578. The van der Waals surface area contributed by atoms with Crippen LogP contribution in [0.15, 0.2) is 28.2 Å². The van der Waals surface area contributed by atoms with Gasteiger partial charge in [-0.3, -0.25) is 19.5 Å². The molecule has 2 rings (SSSR count). The van der Waals surface area contributed by atoms with E-state index < -0.39 is 11.9 Å². The van der Waals surface area contributed by atoms with Crippen LogP contribution in [0.25, 0.3) is 10.9 Å². The largest absolute Gasteiger partial charge is 0.341 e. The summed E-state index contributed by atoms with van der Waals surface area (Å²) in [5, 5.41) is 5.82. The van der Waals surface area contributed by atoms with E-state index in [1.807, 2.05) is 13.8 Å². The molecule has 7 nitrogen and oxygen atoms in total. The second-order valence-corrected chi connectivity index (χ2v) is 7.16. The molecule has 0 unspecified atom stereocenters. The quantitative estimate of drug-likeness (QED) is 0.611. The second-order valence-electron chi connectivity index (χ2n) is 5.78. The van der Waals surface area contributed by atoms with Crippen LogP contribution in [0.1, 0.15) is 13.8 Å². The summed E-state index contributed by atoms with van der Waals surface area (Å²) >= 11 is 7.09. The lowest BCUT2D eigenvalue weighted by atomic mass is 10.2. The van der Waals surface area contributed by atoms with Crippen LogP contribution in [0.2, 0.25) is 5.02 Å². The molecule has 1 aromatic heterocycles. The molecular weight excluding hydrogens is 364 g/mol. The van der Waals surface area contributed by atoms with Crippen LogP contribution in [0, 0.1) is 5.92 Å². The van der Waals surface area contributed by atoms with E-state index in [1.165, 1.54) is 7.05 Å². The van der Waals surface area contributed by atoms with Gasteiger partial charge in [-0.2, -0.15) is 0 Å². The molecule has 3 amide bonds. The van der Waals surface area contributed by atoms with Crippen LogP contribution in [0.3, 0.4) is 0 Å². The van der Waals surface area contributed by atoms with Gasteiger partial charge in [-0.25, -0.2) is 9.78 Å². The van der Waals surface area contributed by atoms with E-state index in [4.69, 9.17) is 11.6 Å². The Morgan fingerprint density at radius 1 is 1.36 bits per heavy atom. The third kappa shape index (κ3) is 4.96. The Balaban J connectivity index is 2.36. The van der Waals surface area contributed by atoms with Gasteiger partial charge in [0.15, 0.2) is 5.16 Å². The number of thioether (sulfide) groups is 1. The number of rotatable bonds is 5. The highest BCUT2D eigenvalue weighted by Gasteiger charge is 2.15. The second kappa shape index (κ2) is 8.35. The zero-order chi connectivity index (χ0) is 18.6. The van der Waals surface area contributed by atoms with Crippen molar-refractivity contribution in [2.75, 3.05) is 12.8 Å². The molecular formula is C16H19ClN4O3S. The summed E-state index contributed by atoms with van der Waals surface area (Å²) < 4.78 is 1.54. The Hall–Kier alpha value is -2.06. The van der Waals surface area contributed by atoms with Gasteiger partial charge in [0.2, 0.25) is 5.91 Å². The molecule has 0 fully saturated rings. The molecule has 2 aromatic rings. The summed E-state index contributed by atoms with van der Waals surface area (Å²) in [5.41, 5.74) is 0.319. The van der Waals surface area contributed by atoms with Crippen LogP contribution >= 0.6 is 23.4 Å². The fourth-order valence-electron chi connectivity index (χ4n) is 2.16. The minimum absolute atomic E-state index is 0.0307. The van der Waals surface area contributed by atoms with Gasteiger partial charge >= 0.3 is 6.03 Å². The number of amides is 3. The molecule has 0 radical (unpaired) electrons. The maximum absolute atomic E-state index is 12.8. The Morgan fingerprint density at radius 3 is 2.72 bits per heavy atom. The highest BCUT2D eigenvalue weighted by molar-refractivity contribution is 7.99. The zero-order valence-corrected chi connectivity index (χ0v) is 15.7. The number of carbonyl (C=O) groups is 2. The summed E-state index contributed by atoms with van der Waals surface area (Å²) in [4.78, 5) is 40.2. The lowest BCUT2D eigenvalue weighted by molar-refractivity contribution is -0.117. The van der Waals surface area contributed by atoms with Gasteiger partial charge in [-0.15, -0.1) is 0 Å². The normalized spacial score (nSPS) is 10.9. The van der Waals surface area contributed by atoms with Crippen molar-refractivity contribution in [3.63, 3.8) is 0 Å². The van der Waals surface area contributed by atoms with Crippen molar-refractivity contribution in [1.29, 1.82) is 0 Å². The molecule has 134 valence electrons. The molecule has 9 heteroatoms. The molecule has 25 heavy (non-hydrogen) atoms. The summed E-state index contributed by atoms with van der Waals surface area (Å²) in [7, 11) is 1.42. The highest BCUT2D eigenvalue weighted by Crippen LogP contribution is 2.21. The first kappa shape index (κ1) is 19.3. The van der Waals surface area contributed by atoms with Gasteiger partial charge in [-0.1, -0.05) is 37.2 Å². The van der Waals surface area contributed by atoms with E-state index in [2.05, 4.69) is 15.6 Å². The lowest BCUT2D eigenvalue weighted by Gasteiger charge is -2.15. The lowest BCUT2D eigenvalue weighted by Crippen LogP contribution is -2.38. The summed E-state index contributed by atoms with van der Waals surface area (Å²) in [5.74, 6) is -0.280. The molecule has 0 aliphatic rings. The topological polar surface area (TPSA) is 93.1 Å². The van der Waals surface area contributed by atoms with Crippen molar-refractivity contribution < 1.29 is 9.59 Å². The van der Waals surface area contributed by atoms with Crippen molar-refractivity contribution in [2.45, 2.75) is 25.5 Å².